The van der Waals surface area contributed by atoms with Gasteiger partial charge in [0.2, 0.25) is 0 Å². The van der Waals surface area contributed by atoms with Gasteiger partial charge in [0.05, 0.1) is 35.0 Å². The van der Waals surface area contributed by atoms with Gasteiger partial charge >= 0.3 is 0 Å². The molecule has 0 spiro atoms. The van der Waals surface area contributed by atoms with Crippen molar-refractivity contribution in [3.8, 4) is 5.75 Å². The van der Waals surface area contributed by atoms with E-state index in [0.29, 0.717) is 38.6 Å². The van der Waals surface area contributed by atoms with Gasteiger partial charge in [-0.1, -0.05) is 78.1 Å². The minimum atomic E-state index is -0.641. The third kappa shape index (κ3) is 4.90. The Morgan fingerprint density at radius 1 is 1.02 bits per heavy atom. The van der Waals surface area contributed by atoms with E-state index >= 15 is 0 Å². The molecule has 2 aliphatic rings. The molecule has 1 amide bonds. The van der Waals surface area contributed by atoms with Gasteiger partial charge in [0.15, 0.2) is 4.80 Å². The number of carbonyl (C=O) groups excluding carboxylic acids is 1. The summed E-state index contributed by atoms with van der Waals surface area (Å²) in [6, 6.07) is 26.3. The highest BCUT2D eigenvalue weighted by Gasteiger charge is 2.33. The molecule has 6 rings (SSSR count). The molecule has 3 atom stereocenters. The van der Waals surface area contributed by atoms with Gasteiger partial charge in [0.25, 0.3) is 11.5 Å². The number of aromatic nitrogens is 1. The molecule has 3 heterocycles. The van der Waals surface area contributed by atoms with Crippen LogP contribution in [0.3, 0.4) is 0 Å². The number of rotatable bonds is 6. The number of hydrogen-bond donors (Lipinski definition) is 3. The standard InChI is InChI=1S/C31H29N5O3S/c1-19-26(29(37)34-23-11-7-4-8-12-23)28(21-13-15-24(39-2)16-14-21)36-30(38)25(40-31(36)33-19)17-22-18-32-35-27(22)20-9-5-3-6-10-20/h3-17,22,27-28,32,35H,18H2,1-2H3,(H,34,37)/b25-17+. The molecular weight excluding hydrogens is 522 g/mol. The van der Waals surface area contributed by atoms with Crippen LogP contribution in [0, 0.1) is 5.92 Å². The number of thiazole rings is 1. The molecule has 40 heavy (non-hydrogen) atoms. The summed E-state index contributed by atoms with van der Waals surface area (Å²) in [5.74, 6) is 0.460. The topological polar surface area (TPSA) is 96.8 Å². The van der Waals surface area contributed by atoms with Gasteiger partial charge in [0, 0.05) is 18.2 Å². The number of fused-ring (bicyclic) bond motifs is 1. The highest BCUT2D eigenvalue weighted by Crippen LogP contribution is 2.32. The first kappa shape index (κ1) is 25.9. The van der Waals surface area contributed by atoms with E-state index in [1.165, 1.54) is 11.3 Å². The molecule has 0 bridgehead atoms. The summed E-state index contributed by atoms with van der Waals surface area (Å²) in [5.41, 5.74) is 10.0. The van der Waals surface area contributed by atoms with E-state index in [9.17, 15) is 9.59 Å². The van der Waals surface area contributed by atoms with Gasteiger partial charge in [-0.05, 0) is 42.3 Å². The van der Waals surface area contributed by atoms with Crippen molar-refractivity contribution < 1.29 is 9.53 Å². The molecule has 1 fully saturated rings. The zero-order valence-corrected chi connectivity index (χ0v) is 22.9. The van der Waals surface area contributed by atoms with Crippen LogP contribution in [0.2, 0.25) is 0 Å². The number of allylic oxidation sites excluding steroid dienone is 1. The summed E-state index contributed by atoms with van der Waals surface area (Å²) in [6.07, 6.45) is 2.03. The summed E-state index contributed by atoms with van der Waals surface area (Å²) in [4.78, 5) is 33.1. The maximum Gasteiger partial charge on any atom is 0.270 e. The Balaban J connectivity index is 1.45. The second-order valence-electron chi connectivity index (χ2n) is 9.77. The summed E-state index contributed by atoms with van der Waals surface area (Å²) in [7, 11) is 1.61. The van der Waals surface area contributed by atoms with Crippen molar-refractivity contribution in [3.05, 3.63) is 127 Å². The molecule has 9 heteroatoms. The van der Waals surface area contributed by atoms with Crippen molar-refractivity contribution in [2.45, 2.75) is 19.0 Å². The number of hydrazine groups is 1. The lowest BCUT2D eigenvalue weighted by Crippen LogP contribution is -2.40. The molecule has 0 radical (unpaired) electrons. The Kier molecular flexibility index (Phi) is 7.17. The maximum absolute atomic E-state index is 14.0. The van der Waals surface area contributed by atoms with E-state index in [4.69, 9.17) is 9.73 Å². The second-order valence-corrected chi connectivity index (χ2v) is 10.8. The van der Waals surface area contributed by atoms with Gasteiger partial charge in [-0.3, -0.25) is 19.6 Å². The summed E-state index contributed by atoms with van der Waals surface area (Å²) in [5, 5.41) is 2.99. The van der Waals surface area contributed by atoms with Crippen LogP contribution < -0.4 is 35.8 Å². The minimum absolute atomic E-state index is 0.0334. The van der Waals surface area contributed by atoms with Gasteiger partial charge in [-0.15, -0.1) is 0 Å². The monoisotopic (exact) mass is 551 g/mol. The molecular formula is C31H29N5O3S. The van der Waals surface area contributed by atoms with Crippen LogP contribution in [0.1, 0.15) is 30.1 Å². The van der Waals surface area contributed by atoms with Crippen LogP contribution in [0.15, 0.2) is 106 Å². The number of para-hydroxylation sites is 1. The number of anilines is 1. The number of carbonyl (C=O) groups is 1. The zero-order chi connectivity index (χ0) is 27.6. The van der Waals surface area contributed by atoms with Crippen LogP contribution in [-0.4, -0.2) is 24.1 Å². The van der Waals surface area contributed by atoms with Crippen molar-refractivity contribution in [1.29, 1.82) is 0 Å². The fraction of sp³-hybridized carbons (Fsp3) is 0.194. The van der Waals surface area contributed by atoms with Crippen molar-refractivity contribution in [2.24, 2.45) is 10.9 Å². The van der Waals surface area contributed by atoms with Gasteiger partial charge in [-0.25, -0.2) is 10.4 Å². The lowest BCUT2D eigenvalue weighted by atomic mass is 9.94. The smallest absolute Gasteiger partial charge is 0.270 e. The van der Waals surface area contributed by atoms with Gasteiger partial charge in [0.1, 0.15) is 5.75 Å². The zero-order valence-electron chi connectivity index (χ0n) is 22.1. The number of amides is 1. The van der Waals surface area contributed by atoms with Crippen LogP contribution in [0.25, 0.3) is 6.08 Å². The number of ether oxygens (including phenoxy) is 1. The third-order valence-corrected chi connectivity index (χ3v) is 8.28. The number of methoxy groups -OCH3 is 1. The largest absolute Gasteiger partial charge is 0.497 e. The average Bonchev–Trinajstić information content (AvgIpc) is 3.57. The Hall–Kier alpha value is -4.31. The van der Waals surface area contributed by atoms with E-state index in [-0.39, 0.29) is 23.4 Å². The van der Waals surface area contributed by atoms with Crippen molar-refractivity contribution in [3.63, 3.8) is 0 Å². The Bertz CT molecular complexity index is 1740. The van der Waals surface area contributed by atoms with Crippen molar-refractivity contribution in [1.82, 2.24) is 15.4 Å². The molecule has 3 unspecified atom stereocenters. The van der Waals surface area contributed by atoms with E-state index in [0.717, 1.165) is 11.1 Å². The average molecular weight is 552 g/mol. The van der Waals surface area contributed by atoms with Crippen molar-refractivity contribution in [2.75, 3.05) is 19.0 Å². The first-order valence-electron chi connectivity index (χ1n) is 13.1. The first-order valence-corrected chi connectivity index (χ1v) is 13.9. The second kappa shape index (κ2) is 11.1. The third-order valence-electron chi connectivity index (χ3n) is 7.28. The predicted octanol–water partition coefficient (Wildman–Crippen LogP) is 3.30. The minimum Gasteiger partial charge on any atom is -0.497 e. The number of hydrogen-bond acceptors (Lipinski definition) is 7. The Morgan fingerprint density at radius 3 is 2.42 bits per heavy atom. The van der Waals surface area contributed by atoms with Gasteiger partial charge < -0.3 is 10.1 Å². The molecule has 2 aliphatic heterocycles. The SMILES string of the molecule is COc1ccc(C2C(C(=O)Nc3ccccc3)=C(C)N=c3s/c(=C/C4CNNC4c4ccccc4)c(=O)n32)cc1. The quantitative estimate of drug-likeness (QED) is 0.342. The summed E-state index contributed by atoms with van der Waals surface area (Å²) in [6.45, 7) is 2.51. The highest BCUT2D eigenvalue weighted by molar-refractivity contribution is 7.07. The van der Waals surface area contributed by atoms with Crippen LogP contribution in [0.5, 0.6) is 5.75 Å². The molecule has 0 saturated carbocycles. The lowest BCUT2D eigenvalue weighted by Gasteiger charge is -2.25. The molecule has 1 aromatic heterocycles. The van der Waals surface area contributed by atoms with E-state index in [1.807, 2.05) is 85.8 Å². The molecule has 202 valence electrons. The normalized spacial score (nSPS) is 20.6. The van der Waals surface area contributed by atoms with E-state index < -0.39 is 6.04 Å². The van der Waals surface area contributed by atoms with Crippen LogP contribution in [-0.2, 0) is 4.79 Å². The molecule has 4 aromatic rings. The van der Waals surface area contributed by atoms with Crippen molar-refractivity contribution >= 4 is 29.0 Å². The molecule has 8 nitrogen and oxygen atoms in total. The number of nitrogens with one attached hydrogen (secondary N) is 3. The summed E-state index contributed by atoms with van der Waals surface area (Å²) >= 11 is 1.36. The maximum atomic E-state index is 14.0. The molecule has 1 saturated heterocycles. The van der Waals surface area contributed by atoms with E-state index in [2.05, 4.69) is 28.3 Å². The molecule has 0 aliphatic carbocycles. The fourth-order valence-electron chi connectivity index (χ4n) is 5.30. The summed E-state index contributed by atoms with van der Waals surface area (Å²) < 4.78 is 7.61. The first-order chi connectivity index (χ1) is 19.5. The molecule has 3 N–H and O–H groups in total. The van der Waals surface area contributed by atoms with Crippen LogP contribution in [0.4, 0.5) is 5.69 Å². The number of benzene rings is 3. The molecule has 3 aromatic carbocycles. The Labute approximate surface area is 235 Å². The number of nitrogens with zero attached hydrogens (tertiary/aromatic N) is 2. The predicted molar refractivity (Wildman–Crippen MR) is 157 cm³/mol. The fourth-order valence-corrected chi connectivity index (χ4v) is 6.39. The Morgan fingerprint density at radius 2 is 1.73 bits per heavy atom. The van der Waals surface area contributed by atoms with Crippen LogP contribution >= 0.6 is 11.3 Å². The van der Waals surface area contributed by atoms with Gasteiger partial charge in [-0.2, -0.15) is 0 Å². The lowest BCUT2D eigenvalue weighted by molar-refractivity contribution is -0.113. The van der Waals surface area contributed by atoms with E-state index in [1.54, 1.807) is 11.7 Å². The highest BCUT2D eigenvalue weighted by atomic mass is 32.1.